The Kier molecular flexibility index (Phi) is 3.74. The fourth-order valence-electron chi connectivity index (χ4n) is 2.60. The summed E-state index contributed by atoms with van der Waals surface area (Å²) >= 11 is 1.66. The Morgan fingerprint density at radius 2 is 1.58 bits per heavy atom. The maximum Gasteiger partial charge on any atom is 0.208 e. The van der Waals surface area contributed by atoms with Crippen LogP contribution in [0.1, 0.15) is 22.3 Å². The van der Waals surface area contributed by atoms with Gasteiger partial charge in [0.15, 0.2) is 6.17 Å². The number of nitrogens with zero attached hydrogens (tertiary/aromatic N) is 5. The number of thiazole rings is 1. The average molecular weight is 335 g/mol. The van der Waals surface area contributed by atoms with Gasteiger partial charge in [0.2, 0.25) is 5.13 Å². The number of hydrogen-bond donors (Lipinski definition) is 0. The Morgan fingerprint density at radius 3 is 2.21 bits per heavy atom. The maximum atomic E-state index is 4.73. The number of rotatable bonds is 3. The molecule has 1 atom stereocenters. The number of anilines is 2. The third-order valence-corrected chi connectivity index (χ3v) is 5.04. The number of benzene rings is 2. The Labute approximate surface area is 144 Å². The van der Waals surface area contributed by atoms with Crippen molar-refractivity contribution in [3.63, 3.8) is 0 Å². The monoisotopic (exact) mass is 335 g/mol. The van der Waals surface area contributed by atoms with Gasteiger partial charge in [-0.15, -0.1) is 21.6 Å². The standard InChI is InChI=1S/C18H17N5S/c1-13-14(2)24-18(19-13)22-17(15-9-5-3-6-10-15)20-21-23(22)16-11-7-4-8-12-16/h3-12,17H,1-2H3. The molecule has 0 radical (unpaired) electrons. The SMILES string of the molecule is Cc1nc(N2C(c3ccccc3)N=NN2c2ccccc2)sc1C. The molecule has 1 aromatic heterocycles. The van der Waals surface area contributed by atoms with E-state index in [0.29, 0.717) is 0 Å². The fraction of sp³-hybridized carbons (Fsp3) is 0.167. The van der Waals surface area contributed by atoms with Crippen molar-refractivity contribution in [1.82, 2.24) is 4.98 Å². The highest BCUT2D eigenvalue weighted by Gasteiger charge is 2.34. The predicted molar refractivity (Wildman–Crippen MR) is 97.0 cm³/mol. The third kappa shape index (κ3) is 2.55. The van der Waals surface area contributed by atoms with Crippen LogP contribution in [0.3, 0.4) is 0 Å². The molecule has 2 aromatic carbocycles. The molecule has 4 rings (SSSR count). The lowest BCUT2D eigenvalue weighted by molar-refractivity contribution is 0.702. The van der Waals surface area contributed by atoms with Crippen LogP contribution >= 0.6 is 11.3 Å². The first-order valence-corrected chi connectivity index (χ1v) is 8.60. The van der Waals surface area contributed by atoms with E-state index in [4.69, 9.17) is 4.98 Å². The van der Waals surface area contributed by atoms with E-state index in [9.17, 15) is 0 Å². The summed E-state index contributed by atoms with van der Waals surface area (Å²) in [5.74, 6) is 0. The van der Waals surface area contributed by atoms with Crippen LogP contribution in [-0.2, 0) is 0 Å². The van der Waals surface area contributed by atoms with Crippen molar-refractivity contribution in [3.8, 4) is 0 Å². The molecule has 1 aliphatic heterocycles. The van der Waals surface area contributed by atoms with Crippen LogP contribution in [0, 0.1) is 13.8 Å². The summed E-state index contributed by atoms with van der Waals surface area (Å²) < 4.78 is 0. The summed E-state index contributed by atoms with van der Waals surface area (Å²) in [4.78, 5) is 5.93. The topological polar surface area (TPSA) is 44.1 Å². The molecule has 24 heavy (non-hydrogen) atoms. The number of para-hydroxylation sites is 1. The second-order valence-electron chi connectivity index (χ2n) is 5.60. The zero-order valence-corrected chi connectivity index (χ0v) is 14.3. The first-order chi connectivity index (χ1) is 11.7. The van der Waals surface area contributed by atoms with Gasteiger partial charge < -0.3 is 0 Å². The Morgan fingerprint density at radius 1 is 0.917 bits per heavy atom. The zero-order valence-electron chi connectivity index (χ0n) is 13.5. The molecule has 0 spiro atoms. The van der Waals surface area contributed by atoms with Crippen molar-refractivity contribution < 1.29 is 0 Å². The number of hydrazine groups is 1. The molecule has 0 amide bonds. The molecule has 1 unspecified atom stereocenters. The molecule has 0 saturated carbocycles. The molecule has 3 aromatic rings. The van der Waals surface area contributed by atoms with E-state index in [1.54, 1.807) is 11.3 Å². The van der Waals surface area contributed by atoms with E-state index in [1.165, 1.54) is 4.88 Å². The van der Waals surface area contributed by atoms with Gasteiger partial charge in [-0.3, -0.25) is 0 Å². The molecule has 120 valence electrons. The van der Waals surface area contributed by atoms with Gasteiger partial charge in [0.05, 0.1) is 11.4 Å². The molecule has 0 bridgehead atoms. The molecule has 0 N–H and O–H groups in total. The van der Waals surface area contributed by atoms with E-state index in [-0.39, 0.29) is 6.17 Å². The fourth-order valence-corrected chi connectivity index (χ4v) is 3.52. The van der Waals surface area contributed by atoms with Gasteiger partial charge in [0.1, 0.15) is 0 Å². The predicted octanol–water partition coefficient (Wildman–Crippen LogP) is 5.07. The third-order valence-electron chi connectivity index (χ3n) is 3.98. The molecular weight excluding hydrogens is 318 g/mol. The van der Waals surface area contributed by atoms with Crippen LogP contribution in [-0.4, -0.2) is 4.98 Å². The summed E-state index contributed by atoms with van der Waals surface area (Å²) in [6.07, 6.45) is -0.212. The minimum Gasteiger partial charge on any atom is -0.224 e. The summed E-state index contributed by atoms with van der Waals surface area (Å²) in [7, 11) is 0. The highest BCUT2D eigenvalue weighted by molar-refractivity contribution is 7.15. The first kappa shape index (κ1) is 14.8. The zero-order chi connectivity index (χ0) is 16.5. The molecule has 1 aliphatic rings. The molecule has 2 heterocycles. The Balaban J connectivity index is 1.79. The van der Waals surface area contributed by atoms with Gasteiger partial charge in [0, 0.05) is 10.4 Å². The Bertz CT molecular complexity index is 791. The lowest BCUT2D eigenvalue weighted by atomic mass is 10.2. The van der Waals surface area contributed by atoms with Gasteiger partial charge in [-0.25, -0.2) is 9.99 Å². The van der Waals surface area contributed by atoms with Gasteiger partial charge in [-0.05, 0) is 31.2 Å². The molecule has 0 aliphatic carbocycles. The van der Waals surface area contributed by atoms with Gasteiger partial charge >= 0.3 is 0 Å². The second-order valence-corrected chi connectivity index (χ2v) is 6.78. The van der Waals surface area contributed by atoms with E-state index >= 15 is 0 Å². The smallest absolute Gasteiger partial charge is 0.208 e. The number of aryl methyl sites for hydroxylation is 2. The normalized spacial score (nSPS) is 16.8. The summed E-state index contributed by atoms with van der Waals surface area (Å²) in [6.45, 7) is 4.12. The van der Waals surface area contributed by atoms with Crippen molar-refractivity contribution in [3.05, 3.63) is 76.8 Å². The minimum absolute atomic E-state index is 0.212. The van der Waals surface area contributed by atoms with Crippen molar-refractivity contribution in [2.45, 2.75) is 20.0 Å². The van der Waals surface area contributed by atoms with E-state index in [0.717, 1.165) is 22.1 Å². The van der Waals surface area contributed by atoms with Crippen LogP contribution in [0.4, 0.5) is 10.8 Å². The van der Waals surface area contributed by atoms with Gasteiger partial charge in [0.25, 0.3) is 0 Å². The second kappa shape index (κ2) is 6.05. The van der Waals surface area contributed by atoms with Crippen LogP contribution < -0.4 is 10.1 Å². The van der Waals surface area contributed by atoms with Gasteiger partial charge in [-0.2, -0.15) is 0 Å². The highest BCUT2D eigenvalue weighted by Crippen LogP contribution is 2.40. The largest absolute Gasteiger partial charge is 0.224 e. The number of aromatic nitrogens is 1. The van der Waals surface area contributed by atoms with Crippen LogP contribution in [0.15, 0.2) is 71.0 Å². The van der Waals surface area contributed by atoms with E-state index < -0.39 is 0 Å². The summed E-state index contributed by atoms with van der Waals surface area (Å²) in [5.41, 5.74) is 3.09. The highest BCUT2D eigenvalue weighted by atomic mass is 32.1. The van der Waals surface area contributed by atoms with Crippen LogP contribution in [0.5, 0.6) is 0 Å². The van der Waals surface area contributed by atoms with Crippen molar-refractivity contribution in [2.75, 3.05) is 10.1 Å². The first-order valence-electron chi connectivity index (χ1n) is 7.78. The van der Waals surface area contributed by atoms with Gasteiger partial charge in [-0.1, -0.05) is 48.5 Å². The van der Waals surface area contributed by atoms with Crippen LogP contribution in [0.2, 0.25) is 0 Å². The van der Waals surface area contributed by atoms with Crippen molar-refractivity contribution in [1.29, 1.82) is 0 Å². The average Bonchev–Trinajstić information content (AvgIpc) is 3.20. The van der Waals surface area contributed by atoms with E-state index in [2.05, 4.69) is 34.4 Å². The van der Waals surface area contributed by atoms with E-state index in [1.807, 2.05) is 60.6 Å². The molecule has 5 nitrogen and oxygen atoms in total. The van der Waals surface area contributed by atoms with Crippen molar-refractivity contribution >= 4 is 22.2 Å². The minimum atomic E-state index is -0.212. The summed E-state index contributed by atoms with van der Waals surface area (Å²) in [5, 5.41) is 13.7. The molecular formula is C18H17N5S. The summed E-state index contributed by atoms with van der Waals surface area (Å²) in [6, 6.07) is 20.2. The molecule has 0 saturated heterocycles. The van der Waals surface area contributed by atoms with Crippen LogP contribution in [0.25, 0.3) is 0 Å². The molecule has 6 heteroatoms. The quantitative estimate of drug-likeness (QED) is 0.671. The lowest BCUT2D eigenvalue weighted by Crippen LogP contribution is -2.37. The molecule has 0 fully saturated rings. The maximum absolute atomic E-state index is 4.73. The Hall–Kier alpha value is -2.73. The van der Waals surface area contributed by atoms with Crippen molar-refractivity contribution in [2.24, 2.45) is 10.3 Å². The number of hydrogen-bond acceptors (Lipinski definition) is 6. The lowest BCUT2D eigenvalue weighted by Gasteiger charge is -2.28.